The van der Waals surface area contributed by atoms with Crippen molar-refractivity contribution in [1.82, 2.24) is 15.1 Å². The number of morpholine rings is 1. The van der Waals surface area contributed by atoms with Crippen LogP contribution in [-0.4, -0.2) is 42.0 Å². The summed E-state index contributed by atoms with van der Waals surface area (Å²) < 4.78 is 6.74. The van der Waals surface area contributed by atoms with Crippen molar-refractivity contribution >= 4 is 16.7 Å². The van der Waals surface area contributed by atoms with E-state index in [1.165, 1.54) is 15.1 Å². The summed E-state index contributed by atoms with van der Waals surface area (Å²) in [5, 5.41) is 8.65. The van der Waals surface area contributed by atoms with E-state index in [4.69, 9.17) is 4.74 Å². The zero-order valence-electron chi connectivity index (χ0n) is 17.2. The molecular weight excluding hydrogens is 380 g/mol. The molecule has 7 heteroatoms. The van der Waals surface area contributed by atoms with Crippen LogP contribution in [0, 0.1) is 0 Å². The van der Waals surface area contributed by atoms with Gasteiger partial charge in [-0.2, -0.15) is 5.10 Å². The first kappa shape index (κ1) is 20.3. The molecule has 0 aliphatic carbocycles. The molecule has 2 heterocycles. The molecule has 0 radical (unpaired) electrons. The van der Waals surface area contributed by atoms with Crippen LogP contribution in [0.15, 0.2) is 53.3 Å². The van der Waals surface area contributed by atoms with E-state index in [1.54, 1.807) is 13.1 Å². The minimum atomic E-state index is -0.158. The first-order valence-corrected chi connectivity index (χ1v) is 10.3. The number of aryl methyl sites for hydroxylation is 1. The molecule has 2 N–H and O–H groups in total. The molecule has 1 fully saturated rings. The lowest BCUT2D eigenvalue weighted by atomic mass is 10.1. The molecule has 0 atom stereocenters. The lowest BCUT2D eigenvalue weighted by Gasteiger charge is -2.24. The van der Waals surface area contributed by atoms with Gasteiger partial charge in [-0.1, -0.05) is 42.5 Å². The summed E-state index contributed by atoms with van der Waals surface area (Å²) in [6.45, 7) is 5.02. The van der Waals surface area contributed by atoms with Crippen LogP contribution in [0.4, 0.5) is 0 Å². The van der Waals surface area contributed by atoms with E-state index in [-0.39, 0.29) is 17.9 Å². The zero-order valence-corrected chi connectivity index (χ0v) is 17.2. The van der Waals surface area contributed by atoms with Crippen LogP contribution in [-0.2, 0) is 36.1 Å². The summed E-state index contributed by atoms with van der Waals surface area (Å²) in [6.07, 6.45) is 0.130. The van der Waals surface area contributed by atoms with Gasteiger partial charge in [-0.05, 0) is 11.6 Å². The Hall–Kier alpha value is -3.03. The van der Waals surface area contributed by atoms with Crippen molar-refractivity contribution in [2.75, 3.05) is 26.3 Å². The molecule has 0 unspecified atom stereocenters. The fraction of sp³-hybridized carbons (Fsp3) is 0.348. The number of nitrogens with one attached hydrogen (secondary N) is 2. The molecule has 1 aliphatic rings. The highest BCUT2D eigenvalue weighted by Gasteiger charge is 2.17. The predicted molar refractivity (Wildman–Crippen MR) is 114 cm³/mol. The highest BCUT2D eigenvalue weighted by atomic mass is 16.5. The van der Waals surface area contributed by atoms with Gasteiger partial charge < -0.3 is 15.0 Å². The molecule has 1 aliphatic heterocycles. The van der Waals surface area contributed by atoms with Gasteiger partial charge in [0.25, 0.3) is 5.56 Å². The van der Waals surface area contributed by atoms with Crippen molar-refractivity contribution in [2.45, 2.75) is 19.5 Å². The average Bonchev–Trinajstić information content (AvgIpc) is 2.77. The van der Waals surface area contributed by atoms with E-state index in [0.717, 1.165) is 43.8 Å². The second-order valence-corrected chi connectivity index (χ2v) is 7.68. The number of carbonyl (C=O) groups excluding carboxylic acids is 1. The van der Waals surface area contributed by atoms with Crippen molar-refractivity contribution in [3.63, 3.8) is 0 Å². The third kappa shape index (κ3) is 4.58. The number of ether oxygens (including phenoxy) is 1. The summed E-state index contributed by atoms with van der Waals surface area (Å²) in [7, 11) is 1.61. The maximum atomic E-state index is 12.7. The number of nitrogens with zero attached hydrogens (tertiary/aromatic N) is 2. The molecule has 0 spiro atoms. The lowest BCUT2D eigenvalue weighted by Crippen LogP contribution is -3.12. The van der Waals surface area contributed by atoms with E-state index >= 15 is 0 Å². The maximum Gasteiger partial charge on any atom is 0.274 e. The summed E-state index contributed by atoms with van der Waals surface area (Å²) in [4.78, 5) is 26.4. The van der Waals surface area contributed by atoms with Crippen molar-refractivity contribution in [1.29, 1.82) is 0 Å². The standard InChI is InChI=1S/C23H26N4O3/c1-26-23(29)20-9-5-4-8-19(20)21(25-26)14-22(28)24-15-17-6-2-3-7-18(17)16-27-10-12-30-13-11-27/h2-9H,10-16H2,1H3,(H,24,28)/p+1. The predicted octanol–water partition coefficient (Wildman–Crippen LogP) is 0.208. The van der Waals surface area contributed by atoms with Gasteiger partial charge in [0.15, 0.2) is 0 Å². The largest absolute Gasteiger partial charge is 0.370 e. The average molecular weight is 407 g/mol. The Kier molecular flexibility index (Phi) is 6.21. The topological polar surface area (TPSA) is 77.7 Å². The van der Waals surface area contributed by atoms with Crippen molar-refractivity contribution in [2.24, 2.45) is 7.05 Å². The molecule has 1 amide bonds. The Balaban J connectivity index is 1.44. The lowest BCUT2D eigenvalue weighted by molar-refractivity contribution is -0.921. The number of hydrogen-bond acceptors (Lipinski definition) is 4. The zero-order chi connectivity index (χ0) is 20.9. The van der Waals surface area contributed by atoms with Gasteiger partial charge in [-0.15, -0.1) is 0 Å². The van der Waals surface area contributed by atoms with Gasteiger partial charge in [-0.3, -0.25) is 9.59 Å². The smallest absolute Gasteiger partial charge is 0.274 e. The molecule has 156 valence electrons. The first-order chi connectivity index (χ1) is 14.6. The molecule has 2 aromatic carbocycles. The van der Waals surface area contributed by atoms with Gasteiger partial charge in [0.2, 0.25) is 5.91 Å². The molecule has 0 bridgehead atoms. The normalized spacial score (nSPS) is 14.7. The Labute approximate surface area is 175 Å². The van der Waals surface area contributed by atoms with Crippen LogP contribution in [0.3, 0.4) is 0 Å². The Morgan fingerprint density at radius 2 is 1.73 bits per heavy atom. The Bertz CT molecular complexity index is 1100. The monoisotopic (exact) mass is 407 g/mol. The van der Waals surface area contributed by atoms with Gasteiger partial charge in [0.1, 0.15) is 19.6 Å². The molecule has 3 aromatic rings. The van der Waals surface area contributed by atoms with Gasteiger partial charge >= 0.3 is 0 Å². The molecule has 1 aromatic heterocycles. The maximum absolute atomic E-state index is 12.7. The SMILES string of the molecule is Cn1nc(CC(=O)NCc2ccccc2C[NH+]2CCOCC2)c2ccccc2c1=O. The number of amides is 1. The van der Waals surface area contributed by atoms with Crippen LogP contribution in [0.1, 0.15) is 16.8 Å². The fourth-order valence-electron chi connectivity index (χ4n) is 3.92. The van der Waals surface area contributed by atoms with Crippen molar-refractivity contribution in [3.8, 4) is 0 Å². The number of benzene rings is 2. The van der Waals surface area contributed by atoms with E-state index in [0.29, 0.717) is 17.6 Å². The number of hydrogen-bond donors (Lipinski definition) is 2. The number of rotatable bonds is 6. The second kappa shape index (κ2) is 9.19. The Morgan fingerprint density at radius 1 is 1.07 bits per heavy atom. The number of quaternary nitrogens is 1. The van der Waals surface area contributed by atoms with Gasteiger partial charge in [-0.25, -0.2) is 4.68 Å². The highest BCUT2D eigenvalue weighted by molar-refractivity contribution is 5.88. The second-order valence-electron chi connectivity index (χ2n) is 7.68. The molecular formula is C23H27N4O3+. The van der Waals surface area contributed by atoms with E-state index in [2.05, 4.69) is 22.5 Å². The summed E-state index contributed by atoms with van der Waals surface area (Å²) in [5.41, 5.74) is 2.83. The highest BCUT2D eigenvalue weighted by Crippen LogP contribution is 2.14. The molecule has 4 rings (SSSR count). The quantitative estimate of drug-likeness (QED) is 0.612. The molecule has 1 saturated heterocycles. The number of aromatic nitrogens is 2. The molecule has 30 heavy (non-hydrogen) atoms. The molecule has 0 saturated carbocycles. The Morgan fingerprint density at radius 3 is 2.50 bits per heavy atom. The third-order valence-corrected chi connectivity index (χ3v) is 5.60. The minimum Gasteiger partial charge on any atom is -0.370 e. The van der Waals surface area contributed by atoms with Crippen LogP contribution in [0.2, 0.25) is 0 Å². The van der Waals surface area contributed by atoms with Crippen LogP contribution >= 0.6 is 0 Å². The minimum absolute atomic E-state index is 0.111. The molecule has 7 nitrogen and oxygen atoms in total. The first-order valence-electron chi connectivity index (χ1n) is 10.3. The van der Waals surface area contributed by atoms with Crippen LogP contribution in [0.5, 0.6) is 0 Å². The van der Waals surface area contributed by atoms with E-state index in [9.17, 15) is 9.59 Å². The van der Waals surface area contributed by atoms with Gasteiger partial charge in [0.05, 0.1) is 30.7 Å². The number of fused-ring (bicyclic) bond motifs is 1. The fourth-order valence-corrected chi connectivity index (χ4v) is 3.92. The van der Waals surface area contributed by atoms with Gasteiger partial charge in [0, 0.05) is 24.5 Å². The summed E-state index contributed by atoms with van der Waals surface area (Å²) >= 11 is 0. The number of carbonyl (C=O) groups is 1. The third-order valence-electron chi connectivity index (χ3n) is 5.60. The van der Waals surface area contributed by atoms with Crippen LogP contribution < -0.4 is 15.8 Å². The summed E-state index contributed by atoms with van der Waals surface area (Å²) in [6, 6.07) is 15.5. The van der Waals surface area contributed by atoms with Crippen molar-refractivity contribution < 1.29 is 14.4 Å². The van der Waals surface area contributed by atoms with E-state index < -0.39 is 0 Å². The van der Waals surface area contributed by atoms with Crippen molar-refractivity contribution in [3.05, 3.63) is 75.7 Å². The van der Waals surface area contributed by atoms with Crippen LogP contribution in [0.25, 0.3) is 10.8 Å². The summed E-state index contributed by atoms with van der Waals surface area (Å²) in [5.74, 6) is -0.111. The van der Waals surface area contributed by atoms with E-state index in [1.807, 2.05) is 30.3 Å².